The quantitative estimate of drug-likeness (QED) is 0.715. The summed E-state index contributed by atoms with van der Waals surface area (Å²) in [6.45, 7) is 8.23. The highest BCUT2D eigenvalue weighted by molar-refractivity contribution is 6.32. The molecule has 0 aliphatic heterocycles. The molecule has 0 spiro atoms. The van der Waals surface area contributed by atoms with Crippen LogP contribution in [0.2, 0.25) is 5.02 Å². The molecule has 2 nitrogen and oxygen atoms in total. The summed E-state index contributed by atoms with van der Waals surface area (Å²) in [5, 5.41) is 4.09. The maximum atomic E-state index is 6.10. The van der Waals surface area contributed by atoms with Gasteiger partial charge in [0.2, 0.25) is 0 Å². The Morgan fingerprint density at radius 3 is 2.83 bits per heavy atom. The van der Waals surface area contributed by atoms with Crippen LogP contribution < -0.4 is 10.1 Å². The summed E-state index contributed by atoms with van der Waals surface area (Å²) in [5.74, 6) is 0.777. The van der Waals surface area contributed by atoms with Crippen LogP contribution in [-0.2, 0) is 0 Å². The van der Waals surface area contributed by atoms with Crippen LogP contribution in [0.3, 0.4) is 0 Å². The molecule has 1 atom stereocenters. The first-order valence-corrected chi connectivity index (χ1v) is 7.14. The number of hydrogen-bond donors (Lipinski definition) is 1. The van der Waals surface area contributed by atoms with Crippen LogP contribution in [0.4, 0.5) is 0 Å². The summed E-state index contributed by atoms with van der Waals surface area (Å²) in [7, 11) is 0. The van der Waals surface area contributed by atoms with Gasteiger partial charge in [0.1, 0.15) is 11.9 Å². The third-order valence-electron chi connectivity index (χ3n) is 2.80. The molecule has 1 rings (SSSR count). The third kappa shape index (κ3) is 5.74. The molecule has 0 fully saturated rings. The van der Waals surface area contributed by atoms with Crippen molar-refractivity contribution in [2.24, 2.45) is 0 Å². The van der Waals surface area contributed by atoms with Crippen molar-refractivity contribution in [2.75, 3.05) is 13.1 Å². The average molecular weight is 270 g/mol. The summed E-state index contributed by atoms with van der Waals surface area (Å²) in [4.78, 5) is 0. The number of unbranched alkanes of at least 4 members (excludes halogenated alkanes) is 2. The SMILES string of the molecule is CCCCCNCC(C)Oc1cc(C)ccc1Cl. The van der Waals surface area contributed by atoms with Gasteiger partial charge in [-0.25, -0.2) is 0 Å². The van der Waals surface area contributed by atoms with Crippen molar-refractivity contribution in [1.82, 2.24) is 5.32 Å². The standard InChI is InChI=1S/C15H24ClNO/c1-4-5-6-9-17-11-13(3)18-15-10-12(2)7-8-14(15)16/h7-8,10,13,17H,4-6,9,11H2,1-3H3. The van der Waals surface area contributed by atoms with E-state index in [0.29, 0.717) is 5.02 Å². The molecular weight excluding hydrogens is 246 g/mol. The zero-order valence-corrected chi connectivity index (χ0v) is 12.4. The smallest absolute Gasteiger partial charge is 0.138 e. The van der Waals surface area contributed by atoms with E-state index in [1.807, 2.05) is 25.1 Å². The molecule has 0 radical (unpaired) electrons. The van der Waals surface area contributed by atoms with Crippen molar-refractivity contribution < 1.29 is 4.74 Å². The predicted octanol–water partition coefficient (Wildman–Crippen LogP) is 4.20. The molecule has 0 aliphatic rings. The molecule has 0 amide bonds. The number of benzene rings is 1. The van der Waals surface area contributed by atoms with Crippen LogP contribution in [0, 0.1) is 6.92 Å². The van der Waals surface area contributed by atoms with Gasteiger partial charge in [0.25, 0.3) is 0 Å². The summed E-state index contributed by atoms with van der Waals surface area (Å²) in [6.07, 6.45) is 3.90. The Kier molecular flexibility index (Phi) is 7.14. The minimum absolute atomic E-state index is 0.130. The lowest BCUT2D eigenvalue weighted by atomic mass is 10.2. The molecule has 0 saturated heterocycles. The fraction of sp³-hybridized carbons (Fsp3) is 0.600. The summed E-state index contributed by atoms with van der Waals surface area (Å²) in [5.41, 5.74) is 1.16. The molecule has 0 saturated carbocycles. The van der Waals surface area contributed by atoms with Gasteiger partial charge in [-0.15, -0.1) is 0 Å². The van der Waals surface area contributed by atoms with E-state index in [1.165, 1.54) is 19.3 Å². The van der Waals surface area contributed by atoms with Gasteiger partial charge >= 0.3 is 0 Å². The molecule has 0 heterocycles. The second-order valence-electron chi connectivity index (χ2n) is 4.77. The van der Waals surface area contributed by atoms with E-state index < -0.39 is 0 Å². The molecule has 18 heavy (non-hydrogen) atoms. The fourth-order valence-corrected chi connectivity index (χ4v) is 1.93. The van der Waals surface area contributed by atoms with Crippen molar-refractivity contribution in [3.05, 3.63) is 28.8 Å². The summed E-state index contributed by atoms with van der Waals surface area (Å²) in [6, 6.07) is 5.85. The van der Waals surface area contributed by atoms with E-state index in [-0.39, 0.29) is 6.10 Å². The number of rotatable bonds is 8. The maximum Gasteiger partial charge on any atom is 0.138 e. The largest absolute Gasteiger partial charge is 0.488 e. The predicted molar refractivity (Wildman–Crippen MR) is 78.7 cm³/mol. The molecule has 3 heteroatoms. The fourth-order valence-electron chi connectivity index (χ4n) is 1.76. The zero-order valence-electron chi connectivity index (χ0n) is 11.6. The van der Waals surface area contributed by atoms with Crippen LogP contribution in [0.1, 0.15) is 38.7 Å². The van der Waals surface area contributed by atoms with E-state index in [0.717, 1.165) is 24.4 Å². The highest BCUT2D eigenvalue weighted by atomic mass is 35.5. The first kappa shape index (κ1) is 15.3. The Balaban J connectivity index is 2.30. The highest BCUT2D eigenvalue weighted by Crippen LogP contribution is 2.26. The number of nitrogens with one attached hydrogen (secondary N) is 1. The molecule has 0 aliphatic carbocycles. The van der Waals surface area contributed by atoms with Gasteiger partial charge in [-0.2, -0.15) is 0 Å². The second-order valence-corrected chi connectivity index (χ2v) is 5.18. The molecule has 0 bridgehead atoms. The van der Waals surface area contributed by atoms with Gasteiger partial charge in [-0.3, -0.25) is 0 Å². The number of ether oxygens (including phenoxy) is 1. The van der Waals surface area contributed by atoms with Gasteiger partial charge in [-0.1, -0.05) is 37.4 Å². The van der Waals surface area contributed by atoms with Crippen LogP contribution in [0.5, 0.6) is 5.75 Å². The first-order valence-electron chi connectivity index (χ1n) is 6.77. The lowest BCUT2D eigenvalue weighted by molar-refractivity contribution is 0.217. The van der Waals surface area contributed by atoms with E-state index in [4.69, 9.17) is 16.3 Å². The Hall–Kier alpha value is -0.730. The molecule has 0 aromatic heterocycles. The first-order chi connectivity index (χ1) is 8.63. The van der Waals surface area contributed by atoms with Gasteiger partial charge in [0.05, 0.1) is 5.02 Å². The third-order valence-corrected chi connectivity index (χ3v) is 3.12. The molecule has 1 aromatic rings. The number of halogens is 1. The highest BCUT2D eigenvalue weighted by Gasteiger charge is 2.07. The van der Waals surface area contributed by atoms with Crippen LogP contribution in [0.25, 0.3) is 0 Å². The Morgan fingerprint density at radius 2 is 2.11 bits per heavy atom. The van der Waals surface area contributed by atoms with E-state index in [2.05, 4.69) is 19.2 Å². The summed E-state index contributed by atoms with van der Waals surface area (Å²) >= 11 is 6.10. The van der Waals surface area contributed by atoms with E-state index >= 15 is 0 Å². The maximum absolute atomic E-state index is 6.10. The van der Waals surface area contributed by atoms with Gasteiger partial charge < -0.3 is 10.1 Å². The van der Waals surface area contributed by atoms with Crippen molar-refractivity contribution >= 4 is 11.6 Å². The second kappa shape index (κ2) is 8.39. The Bertz CT molecular complexity index is 354. The molecule has 1 aromatic carbocycles. The van der Waals surface area contributed by atoms with E-state index in [9.17, 15) is 0 Å². The van der Waals surface area contributed by atoms with E-state index in [1.54, 1.807) is 0 Å². The zero-order chi connectivity index (χ0) is 13.4. The number of hydrogen-bond acceptors (Lipinski definition) is 2. The van der Waals surface area contributed by atoms with Crippen molar-refractivity contribution in [1.29, 1.82) is 0 Å². The Labute approximate surface area is 116 Å². The topological polar surface area (TPSA) is 21.3 Å². The van der Waals surface area contributed by atoms with Crippen LogP contribution >= 0.6 is 11.6 Å². The molecular formula is C15H24ClNO. The lowest BCUT2D eigenvalue weighted by Crippen LogP contribution is -2.29. The van der Waals surface area contributed by atoms with Crippen molar-refractivity contribution in [2.45, 2.75) is 46.1 Å². The van der Waals surface area contributed by atoms with Crippen LogP contribution in [0.15, 0.2) is 18.2 Å². The minimum atomic E-state index is 0.130. The summed E-state index contributed by atoms with van der Waals surface area (Å²) < 4.78 is 5.84. The lowest BCUT2D eigenvalue weighted by Gasteiger charge is -2.16. The molecule has 1 unspecified atom stereocenters. The minimum Gasteiger partial charge on any atom is -0.488 e. The monoisotopic (exact) mass is 269 g/mol. The Morgan fingerprint density at radius 1 is 1.33 bits per heavy atom. The van der Waals surface area contributed by atoms with Gasteiger partial charge in [0, 0.05) is 6.54 Å². The van der Waals surface area contributed by atoms with Gasteiger partial charge in [0.15, 0.2) is 0 Å². The van der Waals surface area contributed by atoms with Crippen molar-refractivity contribution in [3.8, 4) is 5.75 Å². The van der Waals surface area contributed by atoms with Crippen molar-refractivity contribution in [3.63, 3.8) is 0 Å². The van der Waals surface area contributed by atoms with Gasteiger partial charge in [-0.05, 0) is 44.5 Å². The average Bonchev–Trinajstić information content (AvgIpc) is 2.33. The van der Waals surface area contributed by atoms with Crippen LogP contribution in [-0.4, -0.2) is 19.2 Å². The molecule has 102 valence electrons. The molecule has 1 N–H and O–H groups in total. The normalized spacial score (nSPS) is 12.4. The number of aryl methyl sites for hydroxylation is 1.